The molecule has 4 heteroatoms. The molecule has 3 nitrogen and oxygen atoms in total. The Morgan fingerprint density at radius 2 is 1.82 bits per heavy atom. The summed E-state index contributed by atoms with van der Waals surface area (Å²) in [6.07, 6.45) is 1.13. The molecule has 0 radical (unpaired) electrons. The Balaban J connectivity index is 2.02. The first-order valence-corrected chi connectivity index (χ1v) is 5.22. The Morgan fingerprint density at radius 1 is 1.00 bits per heavy atom. The smallest absolute Gasteiger partial charge is 0.0591 e. The van der Waals surface area contributed by atoms with E-state index in [1.165, 1.54) is 0 Å². The topological polar surface area (TPSA) is 33.3 Å². The van der Waals surface area contributed by atoms with Crippen LogP contribution in [0.4, 0.5) is 0 Å². The third-order valence-electron chi connectivity index (χ3n) is 1.47. The van der Waals surface area contributed by atoms with Gasteiger partial charge in [-0.05, 0) is 13.0 Å². The van der Waals surface area contributed by atoms with E-state index in [-0.39, 0.29) is 0 Å². The lowest BCUT2D eigenvalue weighted by Crippen LogP contribution is -2.19. The number of hydrogen-bond acceptors (Lipinski definition) is 4. The highest BCUT2D eigenvalue weighted by Crippen LogP contribution is 1.94. The molecule has 0 amide bonds. The lowest BCUT2D eigenvalue weighted by atomic mass is 10.4. The predicted molar refractivity (Wildman–Crippen MR) is 48.8 cm³/mol. The molecule has 0 saturated carbocycles. The zero-order valence-corrected chi connectivity index (χ0v) is 7.58. The van der Waals surface area contributed by atoms with Crippen molar-refractivity contribution in [2.24, 2.45) is 0 Å². The maximum absolute atomic E-state index is 5.35. The van der Waals surface area contributed by atoms with E-state index < -0.39 is 0 Å². The van der Waals surface area contributed by atoms with Gasteiger partial charge in [-0.1, -0.05) is 0 Å². The van der Waals surface area contributed by atoms with Crippen molar-refractivity contribution in [1.82, 2.24) is 10.6 Å². The van der Waals surface area contributed by atoms with Crippen LogP contribution in [0.15, 0.2) is 0 Å². The Bertz CT molecular complexity index is 54.5. The molecule has 1 aliphatic rings. The normalized spacial score (nSPS) is 24.0. The Hall–Kier alpha value is 0.230. The molecule has 0 aromatic heterocycles. The maximum Gasteiger partial charge on any atom is 0.0591 e. The fraction of sp³-hybridized carbons (Fsp3) is 1.00. The van der Waals surface area contributed by atoms with Crippen molar-refractivity contribution in [3.8, 4) is 0 Å². The van der Waals surface area contributed by atoms with E-state index in [1.54, 1.807) is 0 Å². The third kappa shape index (κ3) is 5.49. The van der Waals surface area contributed by atoms with E-state index >= 15 is 0 Å². The van der Waals surface area contributed by atoms with Crippen LogP contribution < -0.4 is 10.6 Å². The van der Waals surface area contributed by atoms with E-state index in [0.29, 0.717) is 0 Å². The minimum atomic E-state index is 0.848. The van der Waals surface area contributed by atoms with Gasteiger partial charge in [-0.15, -0.1) is 11.8 Å². The highest BCUT2D eigenvalue weighted by molar-refractivity contribution is 7.99. The fourth-order valence-corrected chi connectivity index (χ4v) is 1.56. The number of rotatable bonds is 0. The van der Waals surface area contributed by atoms with Crippen LogP contribution in [-0.2, 0) is 4.74 Å². The molecule has 0 unspecified atom stereocenters. The van der Waals surface area contributed by atoms with Crippen LogP contribution in [0.3, 0.4) is 0 Å². The van der Waals surface area contributed by atoms with Gasteiger partial charge >= 0.3 is 0 Å². The molecule has 0 aliphatic carbocycles. The molecule has 66 valence electrons. The van der Waals surface area contributed by atoms with Crippen LogP contribution >= 0.6 is 11.8 Å². The lowest BCUT2D eigenvalue weighted by molar-refractivity contribution is 0.135. The van der Waals surface area contributed by atoms with Crippen LogP contribution in [0, 0.1) is 0 Å². The second kappa shape index (κ2) is 6.91. The van der Waals surface area contributed by atoms with Crippen LogP contribution in [0.5, 0.6) is 0 Å². The van der Waals surface area contributed by atoms with Gasteiger partial charge in [0.2, 0.25) is 0 Å². The molecular formula is C7H16N2OS. The van der Waals surface area contributed by atoms with Gasteiger partial charge in [-0.3, -0.25) is 0 Å². The summed E-state index contributed by atoms with van der Waals surface area (Å²) in [6.45, 7) is 3.79. The number of thioether (sulfide) groups is 1. The Kier molecular flexibility index (Phi) is 5.85. The van der Waals surface area contributed by atoms with Crippen LogP contribution in [0.2, 0.25) is 0 Å². The second-order valence-electron chi connectivity index (χ2n) is 2.46. The molecule has 0 atom stereocenters. The van der Waals surface area contributed by atoms with Gasteiger partial charge in [0.15, 0.2) is 0 Å². The van der Waals surface area contributed by atoms with Crippen LogP contribution in [-0.4, -0.2) is 38.1 Å². The molecule has 0 bridgehead atoms. The number of nitrogens with one attached hydrogen (secondary N) is 2. The maximum atomic E-state index is 5.35. The summed E-state index contributed by atoms with van der Waals surface area (Å²) < 4.78 is 5.35. The quantitative estimate of drug-likeness (QED) is 0.554. The molecule has 2 N–H and O–H groups in total. The van der Waals surface area contributed by atoms with Gasteiger partial charge in [0, 0.05) is 24.9 Å². The molecule has 1 fully saturated rings. The van der Waals surface area contributed by atoms with Gasteiger partial charge in [-0.2, -0.15) is 0 Å². The minimum absolute atomic E-state index is 0.848. The van der Waals surface area contributed by atoms with E-state index in [2.05, 4.69) is 10.6 Å². The summed E-state index contributed by atoms with van der Waals surface area (Å²) in [5.41, 5.74) is 0. The number of ether oxygens (including phenoxy) is 1. The van der Waals surface area contributed by atoms with Crippen LogP contribution in [0.25, 0.3) is 0 Å². The zero-order valence-electron chi connectivity index (χ0n) is 6.77. The van der Waals surface area contributed by atoms with Crippen molar-refractivity contribution >= 4 is 11.8 Å². The SMILES string of the molecule is C1CNCSCNCCOC1. The van der Waals surface area contributed by atoms with E-state index in [0.717, 1.165) is 44.5 Å². The largest absolute Gasteiger partial charge is 0.380 e. The average molecular weight is 176 g/mol. The predicted octanol–water partition coefficient (Wildman–Crippen LogP) is 0.234. The Labute approximate surface area is 72.3 Å². The first-order chi connectivity index (χ1) is 5.50. The molecule has 0 aromatic rings. The average Bonchev–Trinajstić information content (AvgIpc) is 2.08. The van der Waals surface area contributed by atoms with Gasteiger partial charge in [0.05, 0.1) is 6.61 Å². The van der Waals surface area contributed by atoms with Crippen molar-refractivity contribution in [2.45, 2.75) is 6.42 Å². The molecule has 0 aromatic carbocycles. The number of hydrogen-bond donors (Lipinski definition) is 2. The van der Waals surface area contributed by atoms with E-state index in [1.807, 2.05) is 11.8 Å². The molecule has 1 saturated heterocycles. The lowest BCUT2D eigenvalue weighted by Gasteiger charge is -2.02. The van der Waals surface area contributed by atoms with Crippen molar-refractivity contribution in [3.05, 3.63) is 0 Å². The standard InChI is InChI=1S/C7H16N2OS/c1-2-8-6-11-7-9-3-5-10-4-1/h8-9H,1-7H2. The molecule has 1 rings (SSSR count). The third-order valence-corrected chi connectivity index (χ3v) is 2.29. The van der Waals surface area contributed by atoms with E-state index in [9.17, 15) is 0 Å². The van der Waals surface area contributed by atoms with Crippen molar-refractivity contribution < 1.29 is 4.74 Å². The van der Waals surface area contributed by atoms with Crippen molar-refractivity contribution in [3.63, 3.8) is 0 Å². The zero-order chi connectivity index (χ0) is 7.78. The Morgan fingerprint density at radius 3 is 2.73 bits per heavy atom. The second-order valence-corrected chi connectivity index (χ2v) is 3.44. The molecule has 0 spiro atoms. The highest BCUT2D eigenvalue weighted by atomic mass is 32.2. The highest BCUT2D eigenvalue weighted by Gasteiger charge is 1.93. The van der Waals surface area contributed by atoms with Gasteiger partial charge < -0.3 is 15.4 Å². The summed E-state index contributed by atoms with van der Waals surface area (Å²) in [5, 5.41) is 6.61. The minimum Gasteiger partial charge on any atom is -0.380 e. The van der Waals surface area contributed by atoms with Gasteiger partial charge in [0.1, 0.15) is 0 Å². The summed E-state index contributed by atoms with van der Waals surface area (Å²) in [7, 11) is 0. The first-order valence-electron chi connectivity index (χ1n) is 4.07. The van der Waals surface area contributed by atoms with Crippen LogP contribution in [0.1, 0.15) is 6.42 Å². The molecular weight excluding hydrogens is 160 g/mol. The monoisotopic (exact) mass is 176 g/mol. The van der Waals surface area contributed by atoms with Gasteiger partial charge in [-0.25, -0.2) is 0 Å². The van der Waals surface area contributed by atoms with Crippen molar-refractivity contribution in [2.75, 3.05) is 38.1 Å². The molecule has 1 heterocycles. The summed E-state index contributed by atoms with van der Waals surface area (Å²) in [4.78, 5) is 0. The molecule has 1 aliphatic heterocycles. The van der Waals surface area contributed by atoms with E-state index in [4.69, 9.17) is 4.74 Å². The summed E-state index contributed by atoms with van der Waals surface area (Å²) in [5.74, 6) is 2.07. The van der Waals surface area contributed by atoms with Crippen molar-refractivity contribution in [1.29, 1.82) is 0 Å². The summed E-state index contributed by atoms with van der Waals surface area (Å²) >= 11 is 1.88. The summed E-state index contributed by atoms with van der Waals surface area (Å²) in [6, 6.07) is 0. The fourth-order valence-electron chi connectivity index (χ4n) is 0.885. The van der Waals surface area contributed by atoms with Gasteiger partial charge in [0.25, 0.3) is 0 Å². The molecule has 11 heavy (non-hydrogen) atoms. The first kappa shape index (κ1) is 9.32.